The Labute approximate surface area is 221 Å². The Morgan fingerprint density at radius 1 is 1.18 bits per heavy atom. The Kier molecular flexibility index (Phi) is 5.85. The lowest BCUT2D eigenvalue weighted by Gasteiger charge is -2.23. The van der Waals surface area contributed by atoms with Crippen LogP contribution in [0.5, 0.6) is 0 Å². The highest BCUT2D eigenvalue weighted by molar-refractivity contribution is 6.11. The van der Waals surface area contributed by atoms with Gasteiger partial charge in [0.25, 0.3) is 11.8 Å². The second-order valence-electron chi connectivity index (χ2n) is 10.1. The summed E-state index contributed by atoms with van der Waals surface area (Å²) in [6.07, 6.45) is 5.87. The Balaban J connectivity index is 1.54. The number of anilines is 2. The van der Waals surface area contributed by atoms with Gasteiger partial charge in [-0.2, -0.15) is 0 Å². The molecule has 4 heterocycles. The summed E-state index contributed by atoms with van der Waals surface area (Å²) in [7, 11) is 3.24. The number of aryl methyl sites for hydroxylation is 1. The normalized spacial score (nSPS) is 16.6. The van der Waals surface area contributed by atoms with Crippen LogP contribution in [-0.2, 0) is 11.8 Å². The molecular weight excluding hydrogens is 511 g/mol. The molecule has 9 nitrogen and oxygen atoms in total. The number of carbonyl (C=O) groups is 2. The second kappa shape index (κ2) is 9.14. The fourth-order valence-corrected chi connectivity index (χ4v) is 5.05. The molecule has 0 unspecified atom stereocenters. The van der Waals surface area contributed by atoms with Gasteiger partial charge in [-0.15, -0.1) is 0 Å². The molecule has 0 spiro atoms. The molecule has 12 heteroatoms. The van der Waals surface area contributed by atoms with Gasteiger partial charge in [-0.3, -0.25) is 9.59 Å². The summed E-state index contributed by atoms with van der Waals surface area (Å²) < 4.78 is 46.3. The lowest BCUT2D eigenvalue weighted by molar-refractivity contribution is -0.117. The summed E-state index contributed by atoms with van der Waals surface area (Å²) in [6.45, 7) is -0.519. The molecule has 2 fully saturated rings. The molecule has 1 saturated heterocycles. The quantitative estimate of drug-likeness (QED) is 0.340. The van der Waals surface area contributed by atoms with Gasteiger partial charge in [-0.1, -0.05) is 0 Å². The van der Waals surface area contributed by atoms with Crippen molar-refractivity contribution < 1.29 is 22.8 Å². The summed E-state index contributed by atoms with van der Waals surface area (Å²) in [5.41, 5.74) is 1.61. The van der Waals surface area contributed by atoms with Gasteiger partial charge in [-0.25, -0.2) is 23.1 Å². The zero-order valence-corrected chi connectivity index (χ0v) is 21.3. The average molecular weight is 538 g/mol. The first kappa shape index (κ1) is 25.0. The van der Waals surface area contributed by atoms with Crippen LogP contribution >= 0.6 is 0 Å². The van der Waals surface area contributed by atoms with E-state index in [4.69, 9.17) is 0 Å². The van der Waals surface area contributed by atoms with Crippen LogP contribution in [0.1, 0.15) is 29.6 Å². The highest BCUT2D eigenvalue weighted by Crippen LogP contribution is 2.42. The molecule has 1 aliphatic heterocycles. The Bertz CT molecular complexity index is 1620. The lowest BCUT2D eigenvalue weighted by atomic mass is 10.0. The van der Waals surface area contributed by atoms with Crippen LogP contribution in [0.2, 0.25) is 0 Å². The lowest BCUT2D eigenvalue weighted by Crippen LogP contribution is -2.25. The van der Waals surface area contributed by atoms with Gasteiger partial charge in [-0.05, 0) is 31.0 Å². The van der Waals surface area contributed by atoms with Crippen molar-refractivity contribution in [2.24, 2.45) is 13.0 Å². The van der Waals surface area contributed by atoms with Gasteiger partial charge in [0.2, 0.25) is 5.91 Å². The van der Waals surface area contributed by atoms with E-state index >= 15 is 4.39 Å². The van der Waals surface area contributed by atoms with Crippen LogP contribution in [0.25, 0.3) is 33.5 Å². The van der Waals surface area contributed by atoms with E-state index in [1.165, 1.54) is 24.2 Å². The number of hydrogen-bond donors (Lipinski definition) is 3. The Morgan fingerprint density at radius 3 is 2.62 bits per heavy atom. The van der Waals surface area contributed by atoms with Gasteiger partial charge in [0.1, 0.15) is 11.6 Å². The third kappa shape index (κ3) is 4.49. The monoisotopic (exact) mass is 537 g/mol. The van der Waals surface area contributed by atoms with E-state index in [1.807, 2.05) is 0 Å². The Morgan fingerprint density at radius 2 is 1.97 bits per heavy atom. The molecule has 1 aliphatic carbocycles. The summed E-state index contributed by atoms with van der Waals surface area (Å²) in [5.74, 6) is -3.55. The molecule has 6 rings (SSSR count). The van der Waals surface area contributed by atoms with Crippen LogP contribution in [0, 0.1) is 11.7 Å². The van der Waals surface area contributed by atoms with Crippen molar-refractivity contribution in [1.82, 2.24) is 24.8 Å². The van der Waals surface area contributed by atoms with E-state index in [-0.39, 0.29) is 53.1 Å². The molecular formula is C27H26F3N7O2. The maximum atomic E-state index is 16.0. The topological polar surface area (TPSA) is 108 Å². The van der Waals surface area contributed by atoms with Gasteiger partial charge in [0, 0.05) is 68.2 Å². The summed E-state index contributed by atoms with van der Waals surface area (Å²) >= 11 is 0. The van der Waals surface area contributed by atoms with E-state index in [0.717, 1.165) is 12.8 Å². The van der Waals surface area contributed by atoms with Gasteiger partial charge >= 0.3 is 0 Å². The van der Waals surface area contributed by atoms with E-state index in [1.54, 1.807) is 36.1 Å². The van der Waals surface area contributed by atoms with Crippen LogP contribution in [-0.4, -0.2) is 57.4 Å². The van der Waals surface area contributed by atoms with E-state index in [0.29, 0.717) is 22.3 Å². The number of nitrogens with one attached hydrogen (secondary N) is 3. The van der Waals surface area contributed by atoms with Crippen LogP contribution in [0.15, 0.2) is 36.8 Å². The minimum absolute atomic E-state index is 0.0391. The molecule has 0 bridgehead atoms. The number of halogens is 3. The number of rotatable bonds is 6. The second-order valence-corrected chi connectivity index (χ2v) is 10.1. The first-order valence-electron chi connectivity index (χ1n) is 12.6. The van der Waals surface area contributed by atoms with Crippen molar-refractivity contribution in [2.45, 2.75) is 25.2 Å². The highest BCUT2D eigenvalue weighted by atomic mass is 19.3. The van der Waals surface area contributed by atoms with E-state index in [2.05, 4.69) is 25.6 Å². The number of alkyl halides is 2. The molecule has 1 saturated carbocycles. The number of amides is 2. The number of carbonyl (C=O) groups excluding carboxylic acids is 2. The van der Waals surface area contributed by atoms with Gasteiger partial charge < -0.3 is 25.1 Å². The third-order valence-electron chi connectivity index (χ3n) is 7.26. The van der Waals surface area contributed by atoms with Crippen LogP contribution in [0.4, 0.5) is 24.7 Å². The number of pyridine rings is 1. The largest absolute Gasteiger partial charge is 0.365 e. The number of aromatic nitrogens is 4. The van der Waals surface area contributed by atoms with Crippen molar-refractivity contribution in [3.63, 3.8) is 0 Å². The zero-order valence-electron chi connectivity index (χ0n) is 21.3. The van der Waals surface area contributed by atoms with E-state index < -0.39 is 24.2 Å². The number of imidazole rings is 1. The Hall–Kier alpha value is -4.35. The van der Waals surface area contributed by atoms with Gasteiger partial charge in [0.15, 0.2) is 5.82 Å². The molecule has 0 radical (unpaired) electrons. The maximum Gasteiger partial charge on any atom is 0.266 e. The van der Waals surface area contributed by atoms with E-state index in [9.17, 15) is 18.4 Å². The summed E-state index contributed by atoms with van der Waals surface area (Å²) in [6, 6.07) is 4.56. The van der Waals surface area contributed by atoms with Crippen LogP contribution in [0.3, 0.4) is 0 Å². The van der Waals surface area contributed by atoms with Crippen LogP contribution < -0.4 is 15.5 Å². The maximum absolute atomic E-state index is 16.0. The average Bonchev–Trinajstić information content (AvgIpc) is 3.35. The standard InChI is InChI=1S/C27H26F3N7O2/c1-31-26(39)17-12-33-23(35-25(38)14-3-4-14)22-16(17)11-19(34-22)21-18(28)9-15(24-32-6-8-36(24)2)10-20(21)37-7-5-27(29,30)13-37/h6,8-12,14,34H,3-5,7,13H2,1-2H3,(H,31,39)(H,33,35,38). The first-order valence-corrected chi connectivity index (χ1v) is 12.6. The smallest absolute Gasteiger partial charge is 0.266 e. The number of nitrogens with zero attached hydrogens (tertiary/aromatic N) is 4. The number of hydrogen-bond acceptors (Lipinski definition) is 5. The van der Waals surface area contributed by atoms with Crippen molar-refractivity contribution >= 4 is 34.2 Å². The molecule has 4 aromatic rings. The number of H-pyrrole nitrogens is 1. The number of aromatic amines is 1. The first-order chi connectivity index (χ1) is 18.6. The molecule has 39 heavy (non-hydrogen) atoms. The predicted octanol–water partition coefficient (Wildman–Crippen LogP) is 4.32. The molecule has 2 amide bonds. The highest BCUT2D eigenvalue weighted by Gasteiger charge is 2.40. The van der Waals surface area contributed by atoms with Crippen molar-refractivity contribution in [1.29, 1.82) is 0 Å². The van der Waals surface area contributed by atoms with Crippen molar-refractivity contribution in [3.8, 4) is 22.6 Å². The molecule has 0 atom stereocenters. The van der Waals surface area contributed by atoms with Gasteiger partial charge in [0.05, 0.1) is 28.9 Å². The molecule has 1 aromatic carbocycles. The van der Waals surface area contributed by atoms with Crippen molar-refractivity contribution in [3.05, 3.63) is 48.2 Å². The molecule has 2 aliphatic rings. The summed E-state index contributed by atoms with van der Waals surface area (Å²) in [4.78, 5) is 38.3. The molecule has 3 aromatic heterocycles. The number of benzene rings is 1. The minimum atomic E-state index is -2.91. The number of fused-ring (bicyclic) bond motifs is 1. The fraction of sp³-hybridized carbons (Fsp3) is 0.333. The SMILES string of the molecule is CNC(=O)c1cnc(NC(=O)C2CC2)c2[nH]c(-c3c(F)cc(-c4nccn4C)cc3N3CCC(F)(F)C3)cc12. The minimum Gasteiger partial charge on any atom is -0.365 e. The third-order valence-corrected chi connectivity index (χ3v) is 7.26. The van der Waals surface area contributed by atoms with Crippen molar-refractivity contribution in [2.75, 3.05) is 30.4 Å². The zero-order chi connectivity index (χ0) is 27.5. The summed E-state index contributed by atoms with van der Waals surface area (Å²) in [5, 5.41) is 5.77. The molecule has 202 valence electrons. The molecule has 3 N–H and O–H groups in total. The predicted molar refractivity (Wildman–Crippen MR) is 140 cm³/mol. The fourth-order valence-electron chi connectivity index (χ4n) is 5.05.